The minimum absolute atomic E-state index is 0.105. The van der Waals surface area contributed by atoms with Gasteiger partial charge in [-0.25, -0.2) is 19.6 Å². The Morgan fingerprint density at radius 2 is 1.50 bits per heavy atom. The number of methoxy groups -OCH3 is 1. The fourth-order valence-corrected chi connectivity index (χ4v) is 6.68. The number of H-pyrrole nitrogens is 2. The van der Waals surface area contributed by atoms with Crippen LogP contribution < -0.4 is 10.6 Å². The van der Waals surface area contributed by atoms with E-state index in [9.17, 15) is 19.2 Å². The molecule has 2 saturated heterocycles. The Morgan fingerprint density at radius 1 is 0.900 bits per heavy atom. The van der Waals surface area contributed by atoms with E-state index < -0.39 is 24.3 Å². The monoisotopic (exact) mass is 682 g/mol. The SMILES string of the molecule is COC(=O)NC(C(=O)N1CCCC1c1ncc(-c2ccc(-c3ccc(-c4cnc(CN5CCC[C@@H](NC(=O)O)C5=O)[nH]4)cc3)cc2)[nH]1)C(C)C. The molecule has 2 aromatic heterocycles. The first-order valence-corrected chi connectivity index (χ1v) is 16.8. The second-order valence-electron chi connectivity index (χ2n) is 13.0. The van der Waals surface area contributed by atoms with E-state index in [1.165, 1.54) is 7.11 Å². The molecule has 0 saturated carbocycles. The minimum Gasteiger partial charge on any atom is -0.465 e. The summed E-state index contributed by atoms with van der Waals surface area (Å²) < 4.78 is 4.74. The van der Waals surface area contributed by atoms with Gasteiger partial charge in [-0.05, 0) is 53.9 Å². The van der Waals surface area contributed by atoms with Crippen LogP contribution in [0, 0.1) is 5.92 Å². The van der Waals surface area contributed by atoms with Crippen LogP contribution in [0.5, 0.6) is 0 Å². The van der Waals surface area contributed by atoms with E-state index in [0.29, 0.717) is 25.3 Å². The number of likely N-dealkylation sites (tertiary alicyclic amines) is 2. The first-order valence-electron chi connectivity index (χ1n) is 16.8. The molecule has 50 heavy (non-hydrogen) atoms. The first kappa shape index (κ1) is 34.2. The number of aromatic nitrogens is 4. The predicted molar refractivity (Wildman–Crippen MR) is 184 cm³/mol. The largest absolute Gasteiger partial charge is 0.465 e. The van der Waals surface area contributed by atoms with Crippen molar-refractivity contribution in [1.82, 2.24) is 40.4 Å². The maximum absolute atomic E-state index is 13.5. The lowest BCUT2D eigenvalue weighted by Gasteiger charge is -2.31. The number of hydrogen-bond acceptors (Lipinski definition) is 7. The first-order chi connectivity index (χ1) is 24.1. The Hall–Kier alpha value is -5.66. The number of benzene rings is 2. The lowest BCUT2D eigenvalue weighted by molar-refractivity contribution is -0.136. The van der Waals surface area contributed by atoms with Crippen molar-refractivity contribution in [3.8, 4) is 33.6 Å². The highest BCUT2D eigenvalue weighted by Crippen LogP contribution is 2.33. The molecule has 4 aromatic rings. The second-order valence-corrected chi connectivity index (χ2v) is 13.0. The minimum atomic E-state index is -1.20. The van der Waals surface area contributed by atoms with E-state index >= 15 is 0 Å². The molecule has 2 fully saturated rings. The van der Waals surface area contributed by atoms with Crippen molar-refractivity contribution in [2.24, 2.45) is 5.92 Å². The molecule has 0 bridgehead atoms. The number of carbonyl (C=O) groups is 4. The number of imidazole rings is 2. The van der Waals surface area contributed by atoms with Crippen LogP contribution in [0.3, 0.4) is 0 Å². The van der Waals surface area contributed by atoms with Gasteiger partial charge < -0.3 is 40.2 Å². The molecular weight excluding hydrogens is 640 g/mol. The van der Waals surface area contributed by atoms with Gasteiger partial charge in [0.15, 0.2) is 0 Å². The summed E-state index contributed by atoms with van der Waals surface area (Å²) >= 11 is 0. The Kier molecular flexibility index (Phi) is 10.2. The highest BCUT2D eigenvalue weighted by Gasteiger charge is 2.37. The number of piperidine rings is 1. The number of hydrogen-bond donors (Lipinski definition) is 5. The van der Waals surface area contributed by atoms with Crippen molar-refractivity contribution >= 4 is 24.0 Å². The predicted octanol–water partition coefficient (Wildman–Crippen LogP) is 4.94. The Balaban J connectivity index is 1.09. The Morgan fingerprint density at radius 3 is 2.12 bits per heavy atom. The highest BCUT2D eigenvalue weighted by atomic mass is 16.5. The number of ether oxygens (including phenoxy) is 1. The molecule has 2 aromatic carbocycles. The molecule has 262 valence electrons. The summed E-state index contributed by atoms with van der Waals surface area (Å²) in [4.78, 5) is 68.4. The van der Waals surface area contributed by atoms with Crippen LogP contribution in [-0.4, -0.2) is 91.1 Å². The molecule has 3 atom stereocenters. The standard InChI is InChI=1S/C36H42N8O6/c1-21(2)31(42-36(49)50-3)34(46)44-17-5-7-29(44)32-38-19-28(40-32)25-14-10-23(11-15-25)22-8-12-24(13-9-22)27-18-37-30(39-27)20-43-16-4-6-26(33(43)45)41-35(47)48/h8-15,18-19,21,26,29,31,41H,4-7,16-17,20H2,1-3H3,(H,37,39)(H,38,40)(H,42,49)(H,47,48)/t26-,29?,31?/m1/s1. The number of carboxylic acid groups (broad SMARTS) is 1. The average Bonchev–Trinajstić information content (AvgIpc) is 3.90. The molecule has 4 heterocycles. The number of amides is 4. The fourth-order valence-electron chi connectivity index (χ4n) is 6.68. The van der Waals surface area contributed by atoms with Crippen LogP contribution in [0.2, 0.25) is 0 Å². The summed E-state index contributed by atoms with van der Waals surface area (Å²) in [6, 6.07) is 14.7. The zero-order chi connectivity index (χ0) is 35.4. The molecule has 2 unspecified atom stereocenters. The summed E-state index contributed by atoms with van der Waals surface area (Å²) in [5.41, 5.74) is 5.68. The van der Waals surface area contributed by atoms with Crippen LogP contribution in [-0.2, 0) is 20.9 Å². The third-order valence-electron chi connectivity index (χ3n) is 9.36. The zero-order valence-electron chi connectivity index (χ0n) is 28.3. The molecule has 0 aliphatic carbocycles. The molecule has 2 aliphatic rings. The number of carbonyl (C=O) groups excluding carboxylic acids is 3. The van der Waals surface area contributed by atoms with Gasteiger partial charge in [0.1, 0.15) is 23.7 Å². The van der Waals surface area contributed by atoms with Crippen LogP contribution in [0.4, 0.5) is 9.59 Å². The van der Waals surface area contributed by atoms with Gasteiger partial charge in [0.25, 0.3) is 0 Å². The molecule has 5 N–H and O–H groups in total. The van der Waals surface area contributed by atoms with Crippen LogP contribution >= 0.6 is 0 Å². The van der Waals surface area contributed by atoms with Crippen molar-refractivity contribution < 1.29 is 29.0 Å². The molecule has 4 amide bonds. The van der Waals surface area contributed by atoms with Crippen LogP contribution in [0.15, 0.2) is 60.9 Å². The van der Waals surface area contributed by atoms with Crippen LogP contribution in [0.25, 0.3) is 33.6 Å². The van der Waals surface area contributed by atoms with Gasteiger partial charge in [-0.3, -0.25) is 9.59 Å². The summed E-state index contributed by atoms with van der Waals surface area (Å²) in [6.45, 7) is 5.21. The van der Waals surface area contributed by atoms with Gasteiger partial charge in [0, 0.05) is 13.1 Å². The fraction of sp³-hybridized carbons (Fsp3) is 0.389. The lowest BCUT2D eigenvalue weighted by Crippen LogP contribution is -2.51. The quantitative estimate of drug-likeness (QED) is 0.156. The van der Waals surface area contributed by atoms with Crippen molar-refractivity contribution in [3.05, 3.63) is 72.6 Å². The van der Waals surface area contributed by atoms with Crippen LogP contribution in [0.1, 0.15) is 57.2 Å². The normalized spacial score (nSPS) is 18.3. The maximum Gasteiger partial charge on any atom is 0.407 e. The molecule has 14 nitrogen and oxygen atoms in total. The van der Waals surface area contributed by atoms with E-state index in [-0.39, 0.29) is 30.3 Å². The molecular formula is C36H42N8O6. The second kappa shape index (κ2) is 14.8. The topological polar surface area (TPSA) is 186 Å². The smallest absolute Gasteiger partial charge is 0.407 e. The molecule has 2 aliphatic heterocycles. The third-order valence-corrected chi connectivity index (χ3v) is 9.36. The van der Waals surface area contributed by atoms with Gasteiger partial charge in [-0.1, -0.05) is 62.4 Å². The summed E-state index contributed by atoms with van der Waals surface area (Å²) in [5, 5.41) is 14.0. The number of aromatic amines is 2. The molecule has 0 spiro atoms. The summed E-state index contributed by atoms with van der Waals surface area (Å²) in [5.74, 6) is 0.863. The van der Waals surface area contributed by atoms with E-state index in [0.717, 1.165) is 58.7 Å². The van der Waals surface area contributed by atoms with Gasteiger partial charge in [0.05, 0.1) is 43.5 Å². The Labute approximate surface area is 289 Å². The number of rotatable bonds is 10. The Bertz CT molecular complexity index is 1830. The maximum atomic E-state index is 13.5. The van der Waals surface area contributed by atoms with Crippen molar-refractivity contribution in [2.75, 3.05) is 20.2 Å². The zero-order valence-corrected chi connectivity index (χ0v) is 28.3. The van der Waals surface area contributed by atoms with Gasteiger partial charge >= 0.3 is 12.2 Å². The number of nitrogens with zero attached hydrogens (tertiary/aromatic N) is 4. The summed E-state index contributed by atoms with van der Waals surface area (Å²) in [6.07, 6.45) is 4.53. The molecule has 6 rings (SSSR count). The highest BCUT2D eigenvalue weighted by molar-refractivity contribution is 5.87. The van der Waals surface area contributed by atoms with E-state index in [4.69, 9.17) is 9.84 Å². The van der Waals surface area contributed by atoms with E-state index in [2.05, 4.69) is 42.7 Å². The van der Waals surface area contributed by atoms with E-state index in [1.54, 1.807) is 22.2 Å². The average molecular weight is 683 g/mol. The number of alkyl carbamates (subject to hydrolysis) is 1. The van der Waals surface area contributed by atoms with Gasteiger partial charge in [0.2, 0.25) is 11.8 Å². The third kappa shape index (κ3) is 7.48. The lowest BCUT2D eigenvalue weighted by atomic mass is 10.0. The van der Waals surface area contributed by atoms with Gasteiger partial charge in [-0.2, -0.15) is 0 Å². The van der Waals surface area contributed by atoms with Crippen molar-refractivity contribution in [1.29, 1.82) is 0 Å². The van der Waals surface area contributed by atoms with Crippen molar-refractivity contribution in [2.45, 2.75) is 64.2 Å². The van der Waals surface area contributed by atoms with E-state index in [1.807, 2.05) is 50.2 Å². The van der Waals surface area contributed by atoms with Gasteiger partial charge in [-0.15, -0.1) is 0 Å². The number of nitrogens with one attached hydrogen (secondary N) is 4. The summed E-state index contributed by atoms with van der Waals surface area (Å²) in [7, 11) is 1.28. The van der Waals surface area contributed by atoms with Crippen molar-refractivity contribution in [3.63, 3.8) is 0 Å². The molecule has 14 heteroatoms. The molecule has 0 radical (unpaired) electrons.